The van der Waals surface area contributed by atoms with Crippen LogP contribution >= 0.6 is 23.2 Å². The molecule has 2 unspecified atom stereocenters. The number of anilines is 2. The maximum absolute atomic E-state index is 13.3. The highest BCUT2D eigenvalue weighted by atomic mass is 35.5. The summed E-state index contributed by atoms with van der Waals surface area (Å²) in [5, 5.41) is 17.9. The SMILES string of the molecule is O=C(O)CC12CC3CC(C1)CC(n1ncc(Nc4ccc(Cl)cc4)c(Cl)c1=O)(C3)C2. The van der Waals surface area contributed by atoms with E-state index in [1.165, 1.54) is 0 Å². The molecule has 6 nitrogen and oxygen atoms in total. The summed E-state index contributed by atoms with van der Waals surface area (Å²) < 4.78 is 1.57. The van der Waals surface area contributed by atoms with Crippen molar-refractivity contribution in [3.8, 4) is 0 Å². The first-order chi connectivity index (χ1) is 14.3. The van der Waals surface area contributed by atoms with E-state index in [0.717, 1.165) is 37.8 Å². The van der Waals surface area contributed by atoms with Gasteiger partial charge in [0.15, 0.2) is 0 Å². The van der Waals surface area contributed by atoms with Crippen molar-refractivity contribution in [1.82, 2.24) is 9.78 Å². The Morgan fingerprint density at radius 2 is 1.83 bits per heavy atom. The smallest absolute Gasteiger partial charge is 0.303 e. The van der Waals surface area contributed by atoms with Crippen molar-refractivity contribution in [2.75, 3.05) is 5.32 Å². The standard InChI is InChI=1S/C22H23Cl2N3O3/c23-15-1-3-16(4-2-15)26-17-11-25-27(20(30)19(17)24)22-8-13-5-14(9-22)7-21(6-13,12-22)10-18(28)29/h1-4,11,13-14,26H,5-10,12H2,(H,28,29). The third kappa shape index (κ3) is 3.30. The Morgan fingerprint density at radius 1 is 1.17 bits per heavy atom. The van der Waals surface area contributed by atoms with Gasteiger partial charge in [-0.25, -0.2) is 4.68 Å². The fourth-order valence-corrected chi connectivity index (χ4v) is 7.03. The van der Waals surface area contributed by atoms with Crippen molar-refractivity contribution in [2.45, 2.75) is 50.5 Å². The van der Waals surface area contributed by atoms with Crippen LogP contribution in [-0.4, -0.2) is 20.9 Å². The molecule has 0 radical (unpaired) electrons. The van der Waals surface area contributed by atoms with Crippen molar-refractivity contribution in [1.29, 1.82) is 0 Å². The van der Waals surface area contributed by atoms with Crippen LogP contribution in [0, 0.1) is 17.3 Å². The number of nitrogens with one attached hydrogen (secondary N) is 1. The van der Waals surface area contributed by atoms with Gasteiger partial charge in [-0.15, -0.1) is 0 Å². The summed E-state index contributed by atoms with van der Waals surface area (Å²) in [7, 11) is 0. The molecule has 8 heteroatoms. The van der Waals surface area contributed by atoms with Gasteiger partial charge >= 0.3 is 5.97 Å². The number of benzene rings is 1. The predicted molar refractivity (Wildman–Crippen MR) is 116 cm³/mol. The summed E-state index contributed by atoms with van der Waals surface area (Å²) in [4.78, 5) is 24.8. The Morgan fingerprint density at radius 3 is 2.47 bits per heavy atom. The van der Waals surface area contributed by atoms with E-state index in [2.05, 4.69) is 10.4 Å². The number of hydrogen-bond donors (Lipinski definition) is 2. The lowest BCUT2D eigenvalue weighted by atomic mass is 9.46. The zero-order valence-electron chi connectivity index (χ0n) is 16.4. The molecule has 0 amide bonds. The van der Waals surface area contributed by atoms with E-state index in [0.29, 0.717) is 29.0 Å². The van der Waals surface area contributed by atoms with E-state index in [1.54, 1.807) is 35.1 Å². The normalized spacial score (nSPS) is 31.7. The van der Waals surface area contributed by atoms with E-state index >= 15 is 0 Å². The van der Waals surface area contributed by atoms with Crippen LogP contribution in [0.1, 0.15) is 44.9 Å². The first-order valence-corrected chi connectivity index (χ1v) is 11.1. The Labute approximate surface area is 184 Å². The van der Waals surface area contributed by atoms with Gasteiger partial charge in [0.2, 0.25) is 0 Å². The first-order valence-electron chi connectivity index (χ1n) is 10.3. The van der Waals surface area contributed by atoms with Crippen LogP contribution < -0.4 is 10.9 Å². The molecule has 30 heavy (non-hydrogen) atoms. The van der Waals surface area contributed by atoms with Gasteiger partial charge in [-0.2, -0.15) is 5.10 Å². The molecular weight excluding hydrogens is 425 g/mol. The molecule has 2 atom stereocenters. The van der Waals surface area contributed by atoms with E-state index in [4.69, 9.17) is 23.2 Å². The molecule has 1 heterocycles. The quantitative estimate of drug-likeness (QED) is 0.668. The molecule has 1 aromatic carbocycles. The van der Waals surface area contributed by atoms with Crippen LogP contribution in [0.25, 0.3) is 0 Å². The molecular formula is C22H23Cl2N3O3. The van der Waals surface area contributed by atoms with E-state index in [-0.39, 0.29) is 22.4 Å². The van der Waals surface area contributed by atoms with Crippen LogP contribution in [0.2, 0.25) is 10.0 Å². The Kier molecular flexibility index (Phi) is 4.63. The number of aliphatic carboxylic acids is 1. The number of halogens is 2. The van der Waals surface area contributed by atoms with Gasteiger partial charge in [0.1, 0.15) is 5.02 Å². The molecule has 0 aliphatic heterocycles. The van der Waals surface area contributed by atoms with Gasteiger partial charge in [0.25, 0.3) is 5.56 Å². The number of hydrogen-bond acceptors (Lipinski definition) is 4. The zero-order chi connectivity index (χ0) is 21.1. The molecule has 4 saturated carbocycles. The molecule has 0 spiro atoms. The zero-order valence-corrected chi connectivity index (χ0v) is 17.9. The minimum Gasteiger partial charge on any atom is -0.481 e. The Hall–Kier alpha value is -2.05. The third-order valence-corrected chi connectivity index (χ3v) is 7.79. The lowest BCUT2D eigenvalue weighted by Crippen LogP contribution is -2.59. The van der Waals surface area contributed by atoms with Gasteiger partial charge in [0.05, 0.1) is 23.8 Å². The average Bonchev–Trinajstić information content (AvgIpc) is 2.65. The molecule has 4 bridgehead atoms. The van der Waals surface area contributed by atoms with E-state index in [9.17, 15) is 14.7 Å². The fraction of sp³-hybridized carbons (Fsp3) is 0.500. The minimum absolute atomic E-state index is 0.1000. The van der Waals surface area contributed by atoms with Crippen molar-refractivity contribution in [3.05, 3.63) is 50.9 Å². The largest absolute Gasteiger partial charge is 0.481 e. The van der Waals surface area contributed by atoms with Gasteiger partial charge in [0, 0.05) is 10.7 Å². The molecule has 2 aromatic rings. The molecule has 6 rings (SSSR count). The third-order valence-electron chi connectivity index (χ3n) is 7.17. The number of rotatable bonds is 5. The van der Waals surface area contributed by atoms with Crippen LogP contribution in [0.3, 0.4) is 0 Å². The number of carboxylic acids is 1. The summed E-state index contributed by atoms with van der Waals surface area (Å²) in [5.41, 5.74) is 0.228. The molecule has 4 aliphatic carbocycles. The summed E-state index contributed by atoms with van der Waals surface area (Å²) >= 11 is 12.4. The highest BCUT2D eigenvalue weighted by Crippen LogP contribution is 2.65. The van der Waals surface area contributed by atoms with Crippen LogP contribution in [0.5, 0.6) is 0 Å². The van der Waals surface area contributed by atoms with Crippen molar-refractivity contribution >= 4 is 40.5 Å². The fourth-order valence-electron chi connectivity index (χ4n) is 6.72. The molecule has 4 aliphatic rings. The van der Waals surface area contributed by atoms with Crippen molar-refractivity contribution < 1.29 is 9.90 Å². The highest BCUT2D eigenvalue weighted by Gasteiger charge is 2.59. The molecule has 158 valence electrons. The second-order valence-corrected chi connectivity index (χ2v) is 10.3. The first kappa shape index (κ1) is 19.9. The monoisotopic (exact) mass is 447 g/mol. The average molecular weight is 448 g/mol. The van der Waals surface area contributed by atoms with Gasteiger partial charge in [-0.3, -0.25) is 9.59 Å². The lowest BCUT2D eigenvalue weighted by molar-refractivity contribution is -0.151. The van der Waals surface area contributed by atoms with Crippen molar-refractivity contribution in [3.63, 3.8) is 0 Å². The van der Waals surface area contributed by atoms with Crippen LogP contribution in [0.15, 0.2) is 35.3 Å². The number of carboxylic acid groups (broad SMARTS) is 1. The lowest BCUT2D eigenvalue weighted by Gasteiger charge is -2.61. The maximum atomic E-state index is 13.3. The van der Waals surface area contributed by atoms with E-state index < -0.39 is 11.5 Å². The molecule has 2 N–H and O–H groups in total. The van der Waals surface area contributed by atoms with E-state index in [1.807, 2.05) is 0 Å². The van der Waals surface area contributed by atoms with Crippen LogP contribution in [-0.2, 0) is 10.3 Å². The van der Waals surface area contributed by atoms with Gasteiger partial charge in [-0.05, 0) is 80.0 Å². The highest BCUT2D eigenvalue weighted by molar-refractivity contribution is 6.33. The Balaban J connectivity index is 1.50. The molecule has 4 fully saturated rings. The second kappa shape index (κ2) is 6.99. The summed E-state index contributed by atoms with van der Waals surface area (Å²) in [6.45, 7) is 0. The summed E-state index contributed by atoms with van der Waals surface area (Å²) in [5.74, 6) is 0.142. The predicted octanol–water partition coefficient (Wildman–Crippen LogP) is 5.06. The van der Waals surface area contributed by atoms with Gasteiger partial charge < -0.3 is 10.4 Å². The van der Waals surface area contributed by atoms with Crippen molar-refractivity contribution in [2.24, 2.45) is 17.3 Å². The molecule has 1 aromatic heterocycles. The number of nitrogens with zero attached hydrogens (tertiary/aromatic N) is 2. The second-order valence-electron chi connectivity index (χ2n) is 9.48. The molecule has 0 saturated heterocycles. The Bertz CT molecular complexity index is 1050. The summed E-state index contributed by atoms with van der Waals surface area (Å²) in [6, 6.07) is 7.12. The minimum atomic E-state index is -0.757. The number of aromatic nitrogens is 2. The number of carbonyl (C=O) groups is 1. The topological polar surface area (TPSA) is 84.2 Å². The maximum Gasteiger partial charge on any atom is 0.303 e. The van der Waals surface area contributed by atoms with Crippen LogP contribution in [0.4, 0.5) is 11.4 Å². The van der Waals surface area contributed by atoms with Gasteiger partial charge in [-0.1, -0.05) is 23.2 Å². The summed E-state index contributed by atoms with van der Waals surface area (Å²) in [6.07, 6.45) is 7.21.